The van der Waals surface area contributed by atoms with Gasteiger partial charge in [0, 0.05) is 34.8 Å². The van der Waals surface area contributed by atoms with E-state index in [-0.39, 0.29) is 11.4 Å². The molecule has 0 saturated carbocycles. The van der Waals surface area contributed by atoms with Crippen LogP contribution >= 0.6 is 59.7 Å². The van der Waals surface area contributed by atoms with Crippen LogP contribution in [0.2, 0.25) is 5.15 Å². The van der Waals surface area contributed by atoms with Gasteiger partial charge in [-0.05, 0) is 38.4 Å². The molecule has 2 heterocycles. The van der Waals surface area contributed by atoms with Gasteiger partial charge in [0.05, 0.1) is 30.2 Å². The van der Waals surface area contributed by atoms with Crippen molar-refractivity contribution in [2.24, 2.45) is 4.99 Å². The first-order valence-corrected chi connectivity index (χ1v) is 11.9. The van der Waals surface area contributed by atoms with Crippen molar-refractivity contribution in [1.29, 1.82) is 5.26 Å². The smallest absolute Gasteiger partial charge is 0.258 e. The summed E-state index contributed by atoms with van der Waals surface area (Å²) < 4.78 is 5.69. The van der Waals surface area contributed by atoms with Crippen LogP contribution in [0, 0.1) is 31.6 Å². The predicted molar refractivity (Wildman–Crippen MR) is 122 cm³/mol. The summed E-state index contributed by atoms with van der Waals surface area (Å²) in [6, 6.07) is 10.6. The van der Waals surface area contributed by atoms with Crippen LogP contribution in [0.5, 0.6) is 0 Å². The number of fused-ring (bicyclic) bond motifs is 1. The van der Waals surface area contributed by atoms with Crippen LogP contribution in [-0.2, 0) is 0 Å². The molecule has 15 heteroatoms. The van der Waals surface area contributed by atoms with Gasteiger partial charge < -0.3 is 0 Å². The Balaban J connectivity index is 0.000000179. The first kappa shape index (κ1) is 22.8. The summed E-state index contributed by atoms with van der Waals surface area (Å²) >= 11 is 10.2. The number of non-ortho nitro benzene ring substituents is 2. The molecule has 2 aromatic carbocycles. The molecule has 156 valence electrons. The van der Waals surface area contributed by atoms with E-state index in [1.165, 1.54) is 45.1 Å². The summed E-state index contributed by atoms with van der Waals surface area (Å²) in [5.74, 6) is 0. The zero-order chi connectivity index (χ0) is 22.5. The van der Waals surface area contributed by atoms with Gasteiger partial charge in [0.15, 0.2) is 14.8 Å². The topological polar surface area (TPSA) is 148 Å². The van der Waals surface area contributed by atoms with Gasteiger partial charge in [-0.3, -0.25) is 20.2 Å². The number of nitriles is 1. The van der Waals surface area contributed by atoms with Crippen LogP contribution in [0.1, 0.15) is 5.01 Å². The highest BCUT2D eigenvalue weighted by atomic mass is 79.9. The molecular formula is C16H6BrClN6O4S3. The molecule has 0 amide bonds. The second-order valence-corrected chi connectivity index (χ2v) is 9.46. The van der Waals surface area contributed by atoms with Gasteiger partial charge in [0.25, 0.3) is 11.4 Å². The third-order valence-electron chi connectivity index (χ3n) is 3.45. The number of benzene rings is 2. The van der Waals surface area contributed by atoms with Crippen molar-refractivity contribution in [3.8, 4) is 6.07 Å². The maximum Gasteiger partial charge on any atom is 0.270 e. The van der Waals surface area contributed by atoms with Crippen molar-refractivity contribution in [1.82, 2.24) is 9.36 Å². The highest BCUT2D eigenvalue weighted by Crippen LogP contribution is 2.29. The number of nitro groups is 2. The lowest BCUT2D eigenvalue weighted by Gasteiger charge is -1.97. The largest absolute Gasteiger partial charge is 0.270 e. The Kier molecular flexibility index (Phi) is 7.36. The second kappa shape index (κ2) is 9.98. The Morgan fingerprint density at radius 2 is 1.81 bits per heavy atom. The van der Waals surface area contributed by atoms with Crippen molar-refractivity contribution in [2.45, 2.75) is 0 Å². The molecule has 0 atom stereocenters. The fourth-order valence-corrected chi connectivity index (χ4v) is 5.35. The molecule has 0 aliphatic rings. The van der Waals surface area contributed by atoms with Crippen LogP contribution in [0.4, 0.5) is 17.1 Å². The molecule has 0 saturated heterocycles. The van der Waals surface area contributed by atoms with E-state index in [0.717, 1.165) is 11.3 Å². The first-order chi connectivity index (χ1) is 14.8. The molecule has 0 fully saturated rings. The molecule has 0 spiro atoms. The van der Waals surface area contributed by atoms with Gasteiger partial charge in [-0.1, -0.05) is 11.6 Å². The predicted octanol–water partition coefficient (Wildman–Crippen LogP) is 5.84. The monoisotopic (exact) mass is 556 g/mol. The average molecular weight is 558 g/mol. The minimum Gasteiger partial charge on any atom is -0.258 e. The molecule has 2 aromatic heterocycles. The fraction of sp³-hybridized carbons (Fsp3) is 0. The Morgan fingerprint density at radius 1 is 1.13 bits per heavy atom. The number of nitro benzene ring substituents is 2. The first-order valence-electron chi connectivity index (χ1n) is 7.83. The number of nitrogens with zero attached hydrogens (tertiary/aromatic N) is 6. The van der Waals surface area contributed by atoms with Gasteiger partial charge in [-0.2, -0.15) is 9.64 Å². The number of thiazole rings is 1. The van der Waals surface area contributed by atoms with Gasteiger partial charge >= 0.3 is 0 Å². The summed E-state index contributed by atoms with van der Waals surface area (Å²) in [7, 11) is 2.58. The van der Waals surface area contributed by atoms with Crippen LogP contribution in [0.25, 0.3) is 10.2 Å². The molecule has 4 rings (SSSR count). The van der Waals surface area contributed by atoms with Crippen LogP contribution in [0.15, 0.2) is 45.9 Å². The van der Waals surface area contributed by atoms with Crippen molar-refractivity contribution in [3.63, 3.8) is 0 Å². The van der Waals surface area contributed by atoms with E-state index in [1.54, 1.807) is 12.1 Å². The van der Waals surface area contributed by atoms with Gasteiger partial charge in [0.2, 0.25) is 0 Å². The summed E-state index contributed by atoms with van der Waals surface area (Å²) in [6.07, 6.45) is 0. The summed E-state index contributed by atoms with van der Waals surface area (Å²) in [5, 5.41) is 30.2. The van der Waals surface area contributed by atoms with Crippen LogP contribution < -0.4 is 4.67 Å². The molecule has 31 heavy (non-hydrogen) atoms. The van der Waals surface area contributed by atoms with Crippen molar-refractivity contribution in [2.75, 3.05) is 0 Å². The van der Waals surface area contributed by atoms with E-state index < -0.39 is 9.85 Å². The highest BCUT2D eigenvalue weighted by Gasteiger charge is 2.10. The van der Waals surface area contributed by atoms with Crippen molar-refractivity contribution < 1.29 is 9.85 Å². The molecule has 10 nitrogen and oxygen atoms in total. The Labute approximate surface area is 197 Å². The number of halogens is 2. The number of rotatable bonds is 3. The summed E-state index contributed by atoms with van der Waals surface area (Å²) in [5.41, 5.74) is 1.23. The molecule has 0 N–H and O–H groups in total. The zero-order valence-corrected chi connectivity index (χ0v) is 19.6. The number of hydrogen-bond donors (Lipinski definition) is 0. The molecule has 0 aliphatic carbocycles. The number of hydrogen-bond acceptors (Lipinski definition) is 11. The van der Waals surface area contributed by atoms with E-state index in [4.69, 9.17) is 16.9 Å². The minimum atomic E-state index is -0.467. The molecular weight excluding hydrogens is 552 g/mol. The zero-order valence-electron chi connectivity index (χ0n) is 14.8. The van der Waals surface area contributed by atoms with E-state index in [9.17, 15) is 20.2 Å². The van der Waals surface area contributed by atoms with Gasteiger partial charge in [-0.25, -0.2) is 9.98 Å². The quantitative estimate of drug-likeness (QED) is 0.174. The minimum absolute atomic E-state index is 0.00837. The second-order valence-electron chi connectivity index (χ2n) is 5.39. The Morgan fingerprint density at radius 3 is 2.39 bits per heavy atom. The number of aromatic nitrogens is 2. The Bertz CT molecular complexity index is 1410. The average Bonchev–Trinajstić information content (AvgIpc) is 3.34. The lowest BCUT2D eigenvalue weighted by Crippen LogP contribution is -1.93. The highest BCUT2D eigenvalue weighted by molar-refractivity contribution is 9.10. The maximum absolute atomic E-state index is 10.6. The normalized spacial score (nSPS) is 10.9. The van der Waals surface area contributed by atoms with Crippen molar-refractivity contribution >= 4 is 87.0 Å². The molecule has 0 bridgehead atoms. The Hall–Kier alpha value is -2.83. The molecule has 4 aromatic rings. The summed E-state index contributed by atoms with van der Waals surface area (Å²) in [4.78, 5) is 28.3. The third kappa shape index (κ3) is 5.66. The van der Waals surface area contributed by atoms with E-state index >= 15 is 0 Å². The maximum atomic E-state index is 10.6. The third-order valence-corrected chi connectivity index (χ3v) is 7.18. The fourth-order valence-electron chi connectivity index (χ4n) is 2.11. The SMILES string of the molecule is N#Cc1nc2ccc([N+](=O)[O-])cc2s1.O=[N+]([O-])c1ccc(N=c2ssnc2Cl)c(Br)c1. The van der Waals surface area contributed by atoms with Crippen LogP contribution in [-0.4, -0.2) is 19.2 Å². The van der Waals surface area contributed by atoms with Crippen molar-refractivity contribution in [3.05, 3.63) is 75.9 Å². The van der Waals surface area contributed by atoms with E-state index in [2.05, 4.69) is 30.3 Å². The summed E-state index contributed by atoms with van der Waals surface area (Å²) in [6.45, 7) is 0. The van der Waals surface area contributed by atoms with Crippen LogP contribution in [0.3, 0.4) is 0 Å². The van der Waals surface area contributed by atoms with E-state index in [0.29, 0.717) is 35.2 Å². The lowest BCUT2D eigenvalue weighted by molar-refractivity contribution is -0.385. The molecule has 0 aliphatic heterocycles. The van der Waals surface area contributed by atoms with E-state index in [1.807, 2.05) is 6.07 Å². The molecule has 0 unspecified atom stereocenters. The standard InChI is InChI=1S/C8H3BrClN3O2S2.C8H3N3O2S/c9-5-3-4(13(14)15)1-2-6(5)11-8-7(10)12-17-16-8;9-4-8-10-6-2-1-5(11(12)13)3-7(6)14-8/h1-3H;1-3H. The lowest BCUT2D eigenvalue weighted by atomic mass is 10.3. The van der Waals surface area contributed by atoms with Gasteiger partial charge in [0.1, 0.15) is 6.07 Å². The van der Waals surface area contributed by atoms with Gasteiger partial charge in [-0.15, -0.1) is 11.3 Å². The molecule has 0 radical (unpaired) electrons.